The minimum absolute atomic E-state index is 0. The molecule has 0 unspecified atom stereocenters. The molecule has 8 aromatic carbocycles. The second-order valence-corrected chi connectivity index (χ2v) is 14.9. The van der Waals surface area contributed by atoms with Crippen LogP contribution in [0.15, 0.2) is 223 Å². The molecule has 0 N–H and O–H groups in total. The summed E-state index contributed by atoms with van der Waals surface area (Å²) in [6, 6.07) is 76.6. The van der Waals surface area contributed by atoms with Crippen LogP contribution in [0.25, 0.3) is 94.8 Å². The van der Waals surface area contributed by atoms with Crippen LogP contribution >= 0.6 is 0 Å². The predicted molar refractivity (Wildman–Crippen MR) is 250 cm³/mol. The molecule has 0 bridgehead atoms. The fourth-order valence-electron chi connectivity index (χ4n) is 8.00. The van der Waals surface area contributed by atoms with Gasteiger partial charge in [0.1, 0.15) is 0 Å². The zero-order chi connectivity index (χ0) is 41.0. The maximum absolute atomic E-state index is 6.13. The Hall–Kier alpha value is -7.43. The van der Waals surface area contributed by atoms with Crippen molar-refractivity contribution in [1.29, 1.82) is 0 Å². The summed E-state index contributed by atoms with van der Waals surface area (Å²) < 4.78 is 8.44. The van der Waals surface area contributed by atoms with E-state index in [0.29, 0.717) is 0 Å². The molecule has 0 aliphatic heterocycles. The van der Waals surface area contributed by atoms with E-state index in [1.54, 1.807) is 6.20 Å². The van der Waals surface area contributed by atoms with Crippen molar-refractivity contribution in [2.24, 2.45) is 0 Å². The van der Waals surface area contributed by atoms with Gasteiger partial charge in [0.15, 0.2) is 0 Å². The van der Waals surface area contributed by atoms with E-state index >= 15 is 0 Å². The Kier molecular flexibility index (Phi) is 11.6. The summed E-state index contributed by atoms with van der Waals surface area (Å²) in [5, 5.41) is 0.968. The van der Waals surface area contributed by atoms with Crippen molar-refractivity contribution in [2.75, 3.05) is 0 Å². The number of fused-ring (bicyclic) bond motifs is 2. The molecule has 0 aliphatic rings. The van der Waals surface area contributed by atoms with E-state index in [-0.39, 0.29) is 20.1 Å². The van der Waals surface area contributed by atoms with Crippen LogP contribution in [0.2, 0.25) is 0 Å². The third-order valence-corrected chi connectivity index (χ3v) is 10.9. The van der Waals surface area contributed by atoms with Gasteiger partial charge in [-0.3, -0.25) is 4.98 Å². The number of imidazole rings is 1. The first-order valence-electron chi connectivity index (χ1n) is 20.4. The summed E-state index contributed by atoms with van der Waals surface area (Å²) >= 11 is 0. The molecule has 3 heterocycles. The van der Waals surface area contributed by atoms with Crippen LogP contribution in [0.3, 0.4) is 0 Å². The van der Waals surface area contributed by atoms with Gasteiger partial charge in [0.25, 0.3) is 0 Å². The fraction of sp³-hybridized carbons (Fsp3) is 0.0175. The Labute approximate surface area is 375 Å². The molecule has 3 aromatic heterocycles. The average Bonchev–Trinajstić information content (AvgIpc) is 3.94. The molecule has 0 atom stereocenters. The molecule has 299 valence electrons. The number of aryl methyl sites for hydroxylation is 1. The van der Waals surface area contributed by atoms with Crippen molar-refractivity contribution < 1.29 is 24.5 Å². The summed E-state index contributed by atoms with van der Waals surface area (Å²) in [6.07, 6.45) is 5.07. The molecule has 0 saturated carbocycles. The van der Waals surface area contributed by atoms with E-state index in [1.807, 2.05) is 60.7 Å². The molecule has 1 radical (unpaired) electrons. The Morgan fingerprint density at radius 3 is 1.71 bits per heavy atom. The standard InChI is InChI=1S/C46H31N2O.C11H8N.Ir/c1-31-27-38(35-15-7-3-8-16-35)45(39(28-31)36-17-9-4-10-18-36)48-43-20-12-11-19-42(43)47-46(48)41-30-49-44-26-25-37(29-40(41)44)34-23-21-33(22-24-34)32-13-5-2-6-14-32;1-2-6-10(7-3-1)11-8-4-5-9-12-11;/h2-29H,1H3;1-6,8-9H;/q2*-1;. The number of benzene rings is 8. The molecule has 0 amide bonds. The summed E-state index contributed by atoms with van der Waals surface area (Å²) in [7, 11) is 0. The fourth-order valence-corrected chi connectivity index (χ4v) is 8.00. The van der Waals surface area contributed by atoms with Crippen LogP contribution < -0.4 is 0 Å². The van der Waals surface area contributed by atoms with E-state index < -0.39 is 0 Å². The maximum Gasteiger partial charge on any atom is 0.0774 e. The Morgan fingerprint density at radius 1 is 0.516 bits per heavy atom. The molecule has 11 rings (SSSR count). The van der Waals surface area contributed by atoms with Gasteiger partial charge in [-0.1, -0.05) is 169 Å². The minimum Gasteiger partial charge on any atom is -0.557 e. The number of rotatable bonds is 7. The first-order valence-corrected chi connectivity index (χ1v) is 20.4. The van der Waals surface area contributed by atoms with Crippen LogP contribution in [-0.2, 0) is 20.1 Å². The average molecular weight is 974 g/mol. The maximum atomic E-state index is 6.13. The van der Waals surface area contributed by atoms with Crippen LogP contribution in [-0.4, -0.2) is 14.5 Å². The number of aromatic nitrogens is 3. The van der Waals surface area contributed by atoms with Crippen LogP contribution in [0.4, 0.5) is 0 Å². The number of hydrogen-bond acceptors (Lipinski definition) is 3. The van der Waals surface area contributed by atoms with Gasteiger partial charge < -0.3 is 14.0 Å². The normalized spacial score (nSPS) is 10.9. The largest absolute Gasteiger partial charge is 0.557 e. The second-order valence-electron chi connectivity index (χ2n) is 14.9. The first kappa shape index (κ1) is 40.0. The summed E-state index contributed by atoms with van der Waals surface area (Å²) in [4.78, 5) is 9.51. The molecule has 0 aliphatic carbocycles. The number of furan rings is 1. The molecule has 62 heavy (non-hydrogen) atoms. The van der Waals surface area contributed by atoms with E-state index in [9.17, 15) is 0 Å². The second kappa shape index (κ2) is 18.0. The van der Waals surface area contributed by atoms with Gasteiger partial charge >= 0.3 is 0 Å². The van der Waals surface area contributed by atoms with Crippen molar-refractivity contribution in [3.05, 3.63) is 236 Å². The summed E-state index contributed by atoms with van der Waals surface area (Å²) in [5.41, 5.74) is 17.0. The molecule has 0 spiro atoms. The first-order chi connectivity index (χ1) is 30.2. The SMILES string of the molecule is Cc1cc(-c2ccccc2)c(-n2c(-c3[c-]oc4ccc(-c5ccc(-c6ccccc6)cc5)cc34)nc3ccccc32)c(-c2ccccc2)c1.[Ir].[c-]1ccccc1-c1ccccn1. The van der Waals surface area contributed by atoms with Gasteiger partial charge in [-0.2, -0.15) is 0 Å². The predicted octanol–water partition coefficient (Wildman–Crippen LogP) is 14.8. The van der Waals surface area contributed by atoms with Gasteiger partial charge in [-0.25, -0.2) is 0 Å². The number of para-hydroxylation sites is 2. The Morgan fingerprint density at radius 2 is 1.08 bits per heavy atom. The Balaban J connectivity index is 0.000000325. The summed E-state index contributed by atoms with van der Waals surface area (Å²) in [5.74, 6) is 0.787. The number of pyridine rings is 1. The van der Waals surface area contributed by atoms with Crippen molar-refractivity contribution >= 4 is 22.0 Å². The van der Waals surface area contributed by atoms with E-state index in [4.69, 9.17) is 9.40 Å². The van der Waals surface area contributed by atoms with E-state index in [2.05, 4.69) is 180 Å². The Bertz CT molecular complexity index is 3120. The summed E-state index contributed by atoms with van der Waals surface area (Å²) in [6.45, 7) is 2.17. The molecule has 5 heteroatoms. The quantitative estimate of drug-likeness (QED) is 0.150. The van der Waals surface area contributed by atoms with Crippen LogP contribution in [0.1, 0.15) is 5.56 Å². The molecule has 11 aromatic rings. The topological polar surface area (TPSA) is 43.9 Å². The molecular formula is C57H39IrN3O-2. The van der Waals surface area contributed by atoms with Crippen LogP contribution in [0, 0.1) is 19.3 Å². The molecule has 0 saturated heterocycles. The minimum atomic E-state index is 0. The number of nitrogens with zero attached hydrogens (tertiary/aromatic N) is 3. The molecule has 4 nitrogen and oxygen atoms in total. The third kappa shape index (κ3) is 8.08. The molecule has 0 fully saturated rings. The number of hydrogen-bond donors (Lipinski definition) is 0. The zero-order valence-corrected chi connectivity index (χ0v) is 36.3. The van der Waals surface area contributed by atoms with E-state index in [0.717, 1.165) is 83.7 Å². The van der Waals surface area contributed by atoms with Crippen LogP contribution in [0.5, 0.6) is 0 Å². The molecular weight excluding hydrogens is 935 g/mol. The van der Waals surface area contributed by atoms with E-state index in [1.165, 1.54) is 16.7 Å². The van der Waals surface area contributed by atoms with Crippen molar-refractivity contribution in [2.45, 2.75) is 6.92 Å². The zero-order valence-electron chi connectivity index (χ0n) is 33.9. The van der Waals surface area contributed by atoms with Gasteiger partial charge in [0, 0.05) is 49.3 Å². The van der Waals surface area contributed by atoms with Crippen molar-refractivity contribution in [3.63, 3.8) is 0 Å². The van der Waals surface area contributed by atoms with Crippen molar-refractivity contribution in [1.82, 2.24) is 14.5 Å². The smallest absolute Gasteiger partial charge is 0.0774 e. The van der Waals surface area contributed by atoms with Gasteiger partial charge in [-0.15, -0.1) is 35.9 Å². The van der Waals surface area contributed by atoms with Gasteiger partial charge in [-0.05, 0) is 81.9 Å². The monoisotopic (exact) mass is 974 g/mol. The van der Waals surface area contributed by atoms with Crippen molar-refractivity contribution in [3.8, 4) is 72.8 Å². The third-order valence-electron chi connectivity index (χ3n) is 10.9. The van der Waals surface area contributed by atoms with Gasteiger partial charge in [0.2, 0.25) is 0 Å². The van der Waals surface area contributed by atoms with Gasteiger partial charge in [0.05, 0.1) is 22.5 Å².